The van der Waals surface area contributed by atoms with Crippen molar-refractivity contribution in [2.75, 3.05) is 5.32 Å². The summed E-state index contributed by atoms with van der Waals surface area (Å²) in [6.45, 7) is 4.36. The van der Waals surface area contributed by atoms with Gasteiger partial charge in [0.25, 0.3) is 0 Å². The lowest BCUT2D eigenvalue weighted by Gasteiger charge is -2.15. The average Bonchev–Trinajstić information content (AvgIpc) is 2.17. The third-order valence-electron chi connectivity index (χ3n) is 2.08. The van der Waals surface area contributed by atoms with Crippen LogP contribution in [0.15, 0.2) is 22.8 Å². The first-order valence-electron chi connectivity index (χ1n) is 4.65. The van der Waals surface area contributed by atoms with Crippen LogP contribution >= 0.6 is 15.9 Å². The van der Waals surface area contributed by atoms with Crippen molar-refractivity contribution in [2.45, 2.75) is 32.7 Å². The smallest absolute Gasteiger partial charge is 0.140 e. The molecule has 0 aliphatic rings. The summed E-state index contributed by atoms with van der Waals surface area (Å²) in [6, 6.07) is 4.44. The van der Waals surface area contributed by atoms with Crippen molar-refractivity contribution in [2.24, 2.45) is 0 Å². The van der Waals surface area contributed by atoms with Crippen molar-refractivity contribution in [1.29, 1.82) is 0 Å². The van der Waals surface area contributed by atoms with Crippen molar-refractivity contribution in [3.05, 3.63) is 22.8 Å². The third-order valence-corrected chi connectivity index (χ3v) is 2.72. The number of halogens is 1. The predicted molar refractivity (Wildman–Crippen MR) is 59.9 cm³/mol. The maximum atomic E-state index is 4.26. The molecule has 1 aromatic rings. The number of nitrogens with one attached hydrogen (secondary N) is 1. The fourth-order valence-electron chi connectivity index (χ4n) is 1.18. The van der Waals surface area contributed by atoms with Crippen LogP contribution in [0.5, 0.6) is 0 Å². The first kappa shape index (κ1) is 10.5. The molecule has 0 atom stereocenters. The number of hydrogen-bond donors (Lipinski definition) is 1. The summed E-state index contributed by atoms with van der Waals surface area (Å²) in [5.74, 6) is 0.941. The lowest BCUT2D eigenvalue weighted by Crippen LogP contribution is -2.17. The van der Waals surface area contributed by atoms with Gasteiger partial charge in [-0.15, -0.1) is 0 Å². The zero-order valence-corrected chi connectivity index (χ0v) is 9.63. The van der Waals surface area contributed by atoms with Gasteiger partial charge < -0.3 is 5.32 Å². The largest absolute Gasteiger partial charge is 0.366 e. The van der Waals surface area contributed by atoms with Gasteiger partial charge in [0.15, 0.2) is 0 Å². The second-order valence-electron chi connectivity index (χ2n) is 2.99. The van der Waals surface area contributed by atoms with Crippen LogP contribution in [0.25, 0.3) is 0 Å². The van der Waals surface area contributed by atoms with Crippen LogP contribution in [-0.2, 0) is 0 Å². The molecule has 0 aromatic carbocycles. The molecule has 0 aliphatic heterocycles. The van der Waals surface area contributed by atoms with Gasteiger partial charge in [0, 0.05) is 12.2 Å². The van der Waals surface area contributed by atoms with E-state index in [1.54, 1.807) is 6.20 Å². The molecule has 1 rings (SSSR count). The summed E-state index contributed by atoms with van der Waals surface area (Å²) in [5, 5.41) is 3.39. The summed E-state index contributed by atoms with van der Waals surface area (Å²) in [7, 11) is 0. The van der Waals surface area contributed by atoms with E-state index in [0.29, 0.717) is 6.04 Å². The van der Waals surface area contributed by atoms with Crippen molar-refractivity contribution in [1.82, 2.24) is 4.98 Å². The molecule has 1 aromatic heterocycles. The Morgan fingerprint density at radius 2 is 2.15 bits per heavy atom. The highest BCUT2D eigenvalue weighted by molar-refractivity contribution is 9.10. The lowest BCUT2D eigenvalue weighted by atomic mass is 10.2. The van der Waals surface area contributed by atoms with Gasteiger partial charge >= 0.3 is 0 Å². The number of rotatable bonds is 4. The fourth-order valence-corrected chi connectivity index (χ4v) is 1.55. The predicted octanol–water partition coefficient (Wildman–Crippen LogP) is 3.44. The minimum atomic E-state index is 0.520. The SMILES string of the molecule is CCC(CC)Nc1ncccc1Br. The summed E-state index contributed by atoms with van der Waals surface area (Å²) < 4.78 is 1.03. The highest BCUT2D eigenvalue weighted by Crippen LogP contribution is 2.20. The van der Waals surface area contributed by atoms with Crippen molar-refractivity contribution in [3.63, 3.8) is 0 Å². The van der Waals surface area contributed by atoms with Gasteiger partial charge in [0.05, 0.1) is 4.47 Å². The van der Waals surface area contributed by atoms with Gasteiger partial charge in [-0.3, -0.25) is 0 Å². The number of hydrogen-bond acceptors (Lipinski definition) is 2. The van der Waals surface area contributed by atoms with E-state index in [1.165, 1.54) is 0 Å². The maximum Gasteiger partial charge on any atom is 0.140 e. The standard InChI is InChI=1S/C10H15BrN2/c1-3-8(4-2)13-10-9(11)6-5-7-12-10/h5-8H,3-4H2,1-2H3,(H,12,13). The summed E-state index contributed by atoms with van der Waals surface area (Å²) in [5.41, 5.74) is 0. The van der Waals surface area contributed by atoms with E-state index in [-0.39, 0.29) is 0 Å². The molecular formula is C10H15BrN2. The topological polar surface area (TPSA) is 24.9 Å². The molecule has 2 nitrogen and oxygen atoms in total. The zero-order chi connectivity index (χ0) is 9.68. The molecule has 72 valence electrons. The Labute approximate surface area is 87.9 Å². The summed E-state index contributed by atoms with van der Waals surface area (Å²) in [4.78, 5) is 4.26. The van der Waals surface area contributed by atoms with Crippen LogP contribution in [0.3, 0.4) is 0 Å². The normalized spacial score (nSPS) is 10.5. The van der Waals surface area contributed by atoms with Crippen LogP contribution in [0.1, 0.15) is 26.7 Å². The van der Waals surface area contributed by atoms with Gasteiger partial charge in [-0.05, 0) is 40.9 Å². The zero-order valence-electron chi connectivity index (χ0n) is 8.05. The monoisotopic (exact) mass is 242 g/mol. The Bertz CT molecular complexity index is 259. The molecule has 13 heavy (non-hydrogen) atoms. The molecule has 0 fully saturated rings. The van der Waals surface area contributed by atoms with Gasteiger partial charge in [-0.25, -0.2) is 4.98 Å². The molecule has 0 saturated heterocycles. The van der Waals surface area contributed by atoms with E-state index in [0.717, 1.165) is 23.1 Å². The van der Waals surface area contributed by atoms with E-state index in [4.69, 9.17) is 0 Å². The molecular weight excluding hydrogens is 228 g/mol. The molecule has 0 saturated carbocycles. The Hall–Kier alpha value is -0.570. The fraction of sp³-hybridized carbons (Fsp3) is 0.500. The summed E-state index contributed by atoms with van der Waals surface area (Å²) >= 11 is 3.46. The van der Waals surface area contributed by atoms with Crippen LogP contribution < -0.4 is 5.32 Å². The summed E-state index contributed by atoms with van der Waals surface area (Å²) in [6.07, 6.45) is 4.05. The van der Waals surface area contributed by atoms with Crippen LogP contribution in [-0.4, -0.2) is 11.0 Å². The van der Waals surface area contributed by atoms with Crippen LogP contribution in [0.4, 0.5) is 5.82 Å². The first-order chi connectivity index (χ1) is 6.27. The van der Waals surface area contributed by atoms with Gasteiger partial charge in [-0.1, -0.05) is 13.8 Å². The van der Waals surface area contributed by atoms with E-state index in [2.05, 4.69) is 40.1 Å². The molecule has 0 bridgehead atoms. The van der Waals surface area contributed by atoms with Crippen LogP contribution in [0.2, 0.25) is 0 Å². The Morgan fingerprint density at radius 3 is 2.69 bits per heavy atom. The molecule has 0 aliphatic carbocycles. The van der Waals surface area contributed by atoms with Gasteiger partial charge in [0.2, 0.25) is 0 Å². The minimum Gasteiger partial charge on any atom is -0.366 e. The Balaban J connectivity index is 2.67. The second-order valence-corrected chi connectivity index (χ2v) is 3.85. The van der Waals surface area contributed by atoms with Crippen molar-refractivity contribution >= 4 is 21.7 Å². The Kier molecular flexibility index (Phi) is 4.22. The van der Waals surface area contributed by atoms with E-state index in [1.807, 2.05) is 12.1 Å². The number of pyridine rings is 1. The number of anilines is 1. The first-order valence-corrected chi connectivity index (χ1v) is 5.44. The van der Waals surface area contributed by atoms with Crippen LogP contribution in [0, 0.1) is 0 Å². The molecule has 0 amide bonds. The highest BCUT2D eigenvalue weighted by atomic mass is 79.9. The molecule has 3 heteroatoms. The molecule has 1 heterocycles. The highest BCUT2D eigenvalue weighted by Gasteiger charge is 2.05. The second kappa shape index (κ2) is 5.22. The van der Waals surface area contributed by atoms with E-state index < -0.39 is 0 Å². The number of aromatic nitrogens is 1. The van der Waals surface area contributed by atoms with Gasteiger partial charge in [0.1, 0.15) is 5.82 Å². The van der Waals surface area contributed by atoms with Crippen molar-refractivity contribution in [3.8, 4) is 0 Å². The molecule has 1 N–H and O–H groups in total. The average molecular weight is 243 g/mol. The maximum absolute atomic E-state index is 4.26. The molecule has 0 unspecified atom stereocenters. The quantitative estimate of drug-likeness (QED) is 0.876. The lowest BCUT2D eigenvalue weighted by molar-refractivity contribution is 0.668. The van der Waals surface area contributed by atoms with Crippen molar-refractivity contribution < 1.29 is 0 Å². The van der Waals surface area contributed by atoms with Gasteiger partial charge in [-0.2, -0.15) is 0 Å². The van der Waals surface area contributed by atoms with E-state index in [9.17, 15) is 0 Å². The van der Waals surface area contributed by atoms with E-state index >= 15 is 0 Å². The number of nitrogens with zero attached hydrogens (tertiary/aromatic N) is 1. The Morgan fingerprint density at radius 1 is 1.46 bits per heavy atom. The third kappa shape index (κ3) is 2.99. The molecule has 0 spiro atoms. The minimum absolute atomic E-state index is 0.520. The molecule has 0 radical (unpaired) electrons.